The zero-order valence-corrected chi connectivity index (χ0v) is 16.4. The van der Waals surface area contributed by atoms with Gasteiger partial charge in [-0.25, -0.2) is 8.42 Å². The van der Waals surface area contributed by atoms with E-state index in [9.17, 15) is 8.42 Å². The van der Waals surface area contributed by atoms with Crippen LogP contribution < -0.4 is 4.72 Å². The third kappa shape index (κ3) is 3.70. The molecule has 0 fully saturated rings. The van der Waals surface area contributed by atoms with Crippen molar-refractivity contribution in [2.24, 2.45) is 0 Å². The molecule has 28 heavy (non-hydrogen) atoms. The lowest BCUT2D eigenvalue weighted by Crippen LogP contribution is -2.30. The van der Waals surface area contributed by atoms with Gasteiger partial charge in [-0.3, -0.25) is 0 Å². The molecule has 0 aliphatic carbocycles. The van der Waals surface area contributed by atoms with Crippen molar-refractivity contribution in [2.45, 2.75) is 17.9 Å². The molecule has 0 spiro atoms. The number of fused-ring (bicyclic) bond motifs is 1. The summed E-state index contributed by atoms with van der Waals surface area (Å²) in [5.74, 6) is 0. The van der Waals surface area contributed by atoms with Gasteiger partial charge in [-0.15, -0.1) is 0 Å². The molecule has 0 unspecified atom stereocenters. The fourth-order valence-electron chi connectivity index (χ4n) is 3.43. The Morgan fingerprint density at radius 3 is 2.11 bits per heavy atom. The average molecular weight is 388 g/mol. The van der Waals surface area contributed by atoms with E-state index in [-0.39, 0.29) is 4.90 Å². The minimum absolute atomic E-state index is 0.265. The summed E-state index contributed by atoms with van der Waals surface area (Å²) in [6, 6.07) is 30.0. The normalized spacial score (nSPS) is 12.8. The Morgan fingerprint density at radius 1 is 0.714 bits per heavy atom. The van der Waals surface area contributed by atoms with Crippen LogP contribution in [0.1, 0.15) is 22.7 Å². The first kappa shape index (κ1) is 18.4. The summed E-state index contributed by atoms with van der Waals surface area (Å²) in [5, 5.41) is 1.91. The van der Waals surface area contributed by atoms with E-state index in [1.165, 1.54) is 0 Å². The third-order valence-corrected chi connectivity index (χ3v) is 6.36. The van der Waals surface area contributed by atoms with Crippen LogP contribution in [0.4, 0.5) is 0 Å². The van der Waals surface area contributed by atoms with Crippen molar-refractivity contribution in [1.29, 1.82) is 0 Å². The smallest absolute Gasteiger partial charge is 0.207 e. The molecule has 4 rings (SSSR count). The molecule has 4 heteroatoms. The van der Waals surface area contributed by atoms with E-state index in [0.717, 1.165) is 27.5 Å². The van der Waals surface area contributed by atoms with E-state index in [0.29, 0.717) is 0 Å². The van der Waals surface area contributed by atoms with Crippen LogP contribution in [0.5, 0.6) is 0 Å². The number of hydrogen-bond acceptors (Lipinski definition) is 2. The molecule has 4 aromatic carbocycles. The van der Waals surface area contributed by atoms with Crippen LogP contribution in [0.15, 0.2) is 102 Å². The molecule has 0 aliphatic rings. The van der Waals surface area contributed by atoms with Crippen LogP contribution in [-0.4, -0.2) is 8.42 Å². The van der Waals surface area contributed by atoms with Gasteiger partial charge in [-0.05, 0) is 46.5 Å². The molecule has 3 nitrogen and oxygen atoms in total. The number of sulfonamides is 1. The van der Waals surface area contributed by atoms with Gasteiger partial charge in [0.1, 0.15) is 0 Å². The van der Waals surface area contributed by atoms with Gasteiger partial charge in [0.25, 0.3) is 0 Å². The Bertz CT molecular complexity index is 1220. The second-order valence-electron chi connectivity index (χ2n) is 6.83. The maximum absolute atomic E-state index is 13.2. The maximum Gasteiger partial charge on any atom is 0.241 e. The van der Waals surface area contributed by atoms with Gasteiger partial charge in [0, 0.05) is 0 Å². The average Bonchev–Trinajstić information content (AvgIpc) is 2.73. The van der Waals surface area contributed by atoms with E-state index >= 15 is 0 Å². The predicted molar refractivity (Wildman–Crippen MR) is 114 cm³/mol. The minimum atomic E-state index is -3.71. The molecule has 0 radical (unpaired) electrons. The van der Waals surface area contributed by atoms with Crippen molar-refractivity contribution in [3.05, 3.63) is 114 Å². The van der Waals surface area contributed by atoms with Gasteiger partial charge in [-0.1, -0.05) is 84.9 Å². The monoisotopic (exact) mass is 387 g/mol. The Balaban J connectivity index is 1.78. The highest BCUT2D eigenvalue weighted by molar-refractivity contribution is 7.89. The molecule has 0 amide bonds. The summed E-state index contributed by atoms with van der Waals surface area (Å²) in [5.41, 5.74) is 2.89. The van der Waals surface area contributed by atoms with Crippen molar-refractivity contribution >= 4 is 20.8 Å². The van der Waals surface area contributed by atoms with Crippen LogP contribution in [0.3, 0.4) is 0 Å². The molecule has 0 heterocycles. The van der Waals surface area contributed by atoms with E-state index in [1.54, 1.807) is 12.1 Å². The highest BCUT2D eigenvalue weighted by atomic mass is 32.2. The minimum Gasteiger partial charge on any atom is -0.207 e. The van der Waals surface area contributed by atoms with Crippen LogP contribution in [-0.2, 0) is 10.0 Å². The highest BCUT2D eigenvalue weighted by Gasteiger charge is 2.24. The topological polar surface area (TPSA) is 46.2 Å². The zero-order valence-electron chi connectivity index (χ0n) is 15.5. The van der Waals surface area contributed by atoms with Crippen molar-refractivity contribution in [1.82, 2.24) is 4.72 Å². The van der Waals surface area contributed by atoms with Gasteiger partial charge in [-0.2, -0.15) is 4.72 Å². The quantitative estimate of drug-likeness (QED) is 0.510. The Labute approximate surface area is 165 Å². The van der Waals surface area contributed by atoms with E-state index < -0.39 is 16.1 Å². The first-order chi connectivity index (χ1) is 13.5. The molecule has 4 aromatic rings. The van der Waals surface area contributed by atoms with Crippen LogP contribution in [0, 0.1) is 6.92 Å². The van der Waals surface area contributed by atoms with E-state index in [2.05, 4.69) is 4.72 Å². The van der Waals surface area contributed by atoms with Gasteiger partial charge in [0.2, 0.25) is 10.0 Å². The largest absolute Gasteiger partial charge is 0.241 e. The lowest BCUT2D eigenvalue weighted by Gasteiger charge is -2.22. The first-order valence-corrected chi connectivity index (χ1v) is 10.6. The zero-order chi connectivity index (χ0) is 19.6. The lowest BCUT2D eigenvalue weighted by atomic mass is 9.96. The summed E-state index contributed by atoms with van der Waals surface area (Å²) in [6.45, 7) is 2.00. The second kappa shape index (κ2) is 7.58. The number of aryl methyl sites for hydroxylation is 1. The van der Waals surface area contributed by atoms with E-state index in [1.807, 2.05) is 91.9 Å². The van der Waals surface area contributed by atoms with Crippen molar-refractivity contribution < 1.29 is 8.42 Å². The molecule has 0 saturated carbocycles. The fourth-order valence-corrected chi connectivity index (χ4v) is 4.66. The summed E-state index contributed by atoms with van der Waals surface area (Å²) >= 11 is 0. The Hall–Kier alpha value is -2.95. The molecular weight excluding hydrogens is 366 g/mol. The molecule has 1 atom stereocenters. The molecule has 1 N–H and O–H groups in total. The highest BCUT2D eigenvalue weighted by Crippen LogP contribution is 2.28. The standard InChI is InChI=1S/C24H21NO2S/c1-18-9-5-8-14-23(18)24(20-11-3-2-4-12-20)25-28(26,27)22-16-15-19-10-6-7-13-21(19)17-22/h2-17,24-25H,1H3/t24-/m1/s1. The van der Waals surface area contributed by atoms with Gasteiger partial charge < -0.3 is 0 Å². The number of rotatable bonds is 5. The lowest BCUT2D eigenvalue weighted by molar-refractivity contribution is 0.572. The predicted octanol–water partition coefficient (Wildman–Crippen LogP) is 5.22. The third-order valence-electron chi connectivity index (χ3n) is 4.94. The summed E-state index contributed by atoms with van der Waals surface area (Å²) in [6.07, 6.45) is 0. The molecule has 0 bridgehead atoms. The summed E-state index contributed by atoms with van der Waals surface area (Å²) < 4.78 is 29.4. The first-order valence-electron chi connectivity index (χ1n) is 9.16. The van der Waals surface area contributed by atoms with Crippen molar-refractivity contribution in [3.8, 4) is 0 Å². The van der Waals surface area contributed by atoms with Gasteiger partial charge in [0.05, 0.1) is 10.9 Å². The van der Waals surface area contributed by atoms with Crippen molar-refractivity contribution in [3.63, 3.8) is 0 Å². The van der Waals surface area contributed by atoms with Gasteiger partial charge in [0.15, 0.2) is 0 Å². The maximum atomic E-state index is 13.2. The Kier molecular flexibility index (Phi) is 4.99. The van der Waals surface area contributed by atoms with E-state index in [4.69, 9.17) is 0 Å². The van der Waals surface area contributed by atoms with Crippen LogP contribution >= 0.6 is 0 Å². The fraction of sp³-hybridized carbons (Fsp3) is 0.0833. The number of nitrogens with one attached hydrogen (secondary N) is 1. The SMILES string of the molecule is Cc1ccccc1[C@H](NS(=O)(=O)c1ccc2ccccc2c1)c1ccccc1. The number of hydrogen-bond donors (Lipinski definition) is 1. The summed E-state index contributed by atoms with van der Waals surface area (Å²) in [7, 11) is -3.71. The van der Waals surface area contributed by atoms with Gasteiger partial charge >= 0.3 is 0 Å². The molecule has 0 aliphatic heterocycles. The molecule has 140 valence electrons. The summed E-state index contributed by atoms with van der Waals surface area (Å²) in [4.78, 5) is 0.265. The Morgan fingerprint density at radius 2 is 1.36 bits per heavy atom. The number of benzene rings is 4. The molecular formula is C24H21NO2S. The van der Waals surface area contributed by atoms with Crippen molar-refractivity contribution in [2.75, 3.05) is 0 Å². The molecule has 0 saturated heterocycles. The second-order valence-corrected chi connectivity index (χ2v) is 8.54. The van der Waals surface area contributed by atoms with Crippen LogP contribution in [0.25, 0.3) is 10.8 Å². The van der Waals surface area contributed by atoms with Crippen LogP contribution in [0.2, 0.25) is 0 Å². The molecule has 0 aromatic heterocycles.